The molecule has 6 nitrogen and oxygen atoms in total. The second-order valence-corrected chi connectivity index (χ2v) is 5.91. The molecule has 118 valence electrons. The van der Waals surface area contributed by atoms with E-state index in [2.05, 4.69) is 38.9 Å². The first kappa shape index (κ1) is 14.8. The van der Waals surface area contributed by atoms with Crippen molar-refractivity contribution in [3.8, 4) is 0 Å². The number of rotatable bonds is 4. The number of piperazine rings is 1. The number of nitrogens with zero attached hydrogens (tertiary/aromatic N) is 3. The Morgan fingerprint density at radius 1 is 1.36 bits per heavy atom. The summed E-state index contributed by atoms with van der Waals surface area (Å²) in [6.07, 6.45) is 0.528. The zero-order valence-electron chi connectivity index (χ0n) is 13.0. The van der Waals surface area contributed by atoms with Gasteiger partial charge in [0, 0.05) is 31.9 Å². The Morgan fingerprint density at radius 2 is 2.09 bits per heavy atom. The highest BCUT2D eigenvalue weighted by atomic mass is 16.4. The van der Waals surface area contributed by atoms with Crippen molar-refractivity contribution in [2.24, 2.45) is 0 Å². The number of aromatic nitrogens is 2. The summed E-state index contributed by atoms with van der Waals surface area (Å²) in [5.41, 5.74) is 2.90. The minimum atomic E-state index is -0.833. The molecule has 1 aliphatic rings. The molecular formula is C16H22N4O2. The van der Waals surface area contributed by atoms with E-state index in [-0.39, 0.29) is 0 Å². The number of carbonyl (C=O) groups is 1. The van der Waals surface area contributed by atoms with Crippen LogP contribution >= 0.6 is 0 Å². The van der Waals surface area contributed by atoms with Gasteiger partial charge in [-0.3, -0.25) is 4.79 Å². The van der Waals surface area contributed by atoms with E-state index in [0.717, 1.165) is 37.2 Å². The second kappa shape index (κ2) is 5.96. The minimum absolute atomic E-state index is 0.528. The number of nitrogens with one attached hydrogen (secondary N) is 1. The summed E-state index contributed by atoms with van der Waals surface area (Å²) in [6.45, 7) is 6.00. The van der Waals surface area contributed by atoms with Gasteiger partial charge < -0.3 is 19.9 Å². The van der Waals surface area contributed by atoms with Crippen molar-refractivity contribution < 1.29 is 9.90 Å². The van der Waals surface area contributed by atoms with Gasteiger partial charge in [-0.25, -0.2) is 4.98 Å². The van der Waals surface area contributed by atoms with Crippen LogP contribution in [0, 0.1) is 0 Å². The van der Waals surface area contributed by atoms with Gasteiger partial charge in [-0.15, -0.1) is 0 Å². The van der Waals surface area contributed by atoms with E-state index in [9.17, 15) is 9.90 Å². The third-order valence-corrected chi connectivity index (χ3v) is 4.39. The molecule has 0 aliphatic carbocycles. The molecule has 3 rings (SSSR count). The smallest absolute Gasteiger partial charge is 0.314 e. The lowest BCUT2D eigenvalue weighted by atomic mass is 10.1. The zero-order chi connectivity index (χ0) is 15.7. The summed E-state index contributed by atoms with van der Waals surface area (Å²) < 4.78 is 0. The molecule has 1 aliphatic heterocycles. The lowest BCUT2D eigenvalue weighted by Gasteiger charge is -2.34. The van der Waals surface area contributed by atoms with E-state index in [1.165, 1.54) is 5.69 Å². The molecule has 0 spiro atoms. The lowest BCUT2D eigenvalue weighted by Crippen LogP contribution is -2.44. The van der Waals surface area contributed by atoms with E-state index >= 15 is 0 Å². The topological polar surface area (TPSA) is 72.5 Å². The van der Waals surface area contributed by atoms with Gasteiger partial charge in [-0.1, -0.05) is 6.92 Å². The van der Waals surface area contributed by atoms with Crippen LogP contribution in [0.4, 0.5) is 5.69 Å². The number of likely N-dealkylation sites (N-methyl/N-ethyl adjacent to an activating group) is 1. The number of fused-ring (bicyclic) bond motifs is 1. The molecular weight excluding hydrogens is 280 g/mol. The fourth-order valence-electron chi connectivity index (χ4n) is 2.93. The van der Waals surface area contributed by atoms with Crippen LogP contribution in [-0.2, 0) is 4.79 Å². The van der Waals surface area contributed by atoms with Gasteiger partial charge in [-0.05, 0) is 31.7 Å². The zero-order valence-corrected chi connectivity index (χ0v) is 13.0. The first-order valence-corrected chi connectivity index (χ1v) is 7.74. The second-order valence-electron chi connectivity index (χ2n) is 5.91. The molecule has 0 saturated carbocycles. The first-order chi connectivity index (χ1) is 10.6. The predicted octanol–water partition coefficient (Wildman–Crippen LogP) is 1.89. The van der Waals surface area contributed by atoms with E-state index in [1.807, 2.05) is 13.0 Å². The van der Waals surface area contributed by atoms with E-state index in [1.54, 1.807) is 0 Å². The Balaban J connectivity index is 1.88. The summed E-state index contributed by atoms with van der Waals surface area (Å²) in [7, 11) is 2.14. The van der Waals surface area contributed by atoms with Crippen LogP contribution in [0.5, 0.6) is 0 Å². The van der Waals surface area contributed by atoms with Crippen LogP contribution < -0.4 is 4.90 Å². The van der Waals surface area contributed by atoms with Gasteiger partial charge in [0.25, 0.3) is 0 Å². The van der Waals surface area contributed by atoms with Crippen LogP contribution in [0.25, 0.3) is 11.0 Å². The normalized spacial score (nSPS) is 17.8. The Hall–Kier alpha value is -2.08. The lowest BCUT2D eigenvalue weighted by molar-refractivity contribution is -0.139. The Morgan fingerprint density at radius 3 is 2.73 bits per heavy atom. The third-order valence-electron chi connectivity index (χ3n) is 4.39. The minimum Gasteiger partial charge on any atom is -0.481 e. The number of H-pyrrole nitrogens is 1. The van der Waals surface area contributed by atoms with Crippen molar-refractivity contribution in [2.75, 3.05) is 38.1 Å². The maximum Gasteiger partial charge on any atom is 0.314 e. The monoisotopic (exact) mass is 302 g/mol. The summed E-state index contributed by atoms with van der Waals surface area (Å²) in [6, 6.07) is 6.11. The number of aromatic amines is 1. The standard InChI is InChI=1S/C16H22N4O2/c1-3-12(16(21)22)15-17-13-5-4-11(10-14(13)18-15)20-8-6-19(2)7-9-20/h4-5,10,12H,3,6-9H2,1-2H3,(H,17,18)(H,21,22). The van der Waals surface area contributed by atoms with Crippen molar-refractivity contribution in [2.45, 2.75) is 19.3 Å². The number of anilines is 1. The SMILES string of the molecule is CCC(C(=O)O)c1nc2ccc(N3CCN(C)CC3)cc2[nH]1. The number of carboxylic acids is 1. The highest BCUT2D eigenvalue weighted by Gasteiger charge is 2.22. The quantitative estimate of drug-likeness (QED) is 0.902. The average Bonchev–Trinajstić information content (AvgIpc) is 2.90. The number of hydrogen-bond donors (Lipinski definition) is 2. The van der Waals surface area contributed by atoms with Gasteiger partial charge in [0.2, 0.25) is 0 Å². The van der Waals surface area contributed by atoms with Crippen molar-refractivity contribution in [3.63, 3.8) is 0 Å². The molecule has 0 bridgehead atoms. The molecule has 1 saturated heterocycles. The number of hydrogen-bond acceptors (Lipinski definition) is 4. The number of benzene rings is 1. The van der Waals surface area contributed by atoms with Crippen molar-refractivity contribution in [3.05, 3.63) is 24.0 Å². The molecule has 2 aromatic rings. The highest BCUT2D eigenvalue weighted by Crippen LogP contribution is 2.25. The number of carboxylic acid groups (broad SMARTS) is 1. The van der Waals surface area contributed by atoms with Crippen LogP contribution in [-0.4, -0.2) is 59.2 Å². The Bertz CT molecular complexity index is 674. The van der Waals surface area contributed by atoms with Crippen LogP contribution in [0.2, 0.25) is 0 Å². The summed E-state index contributed by atoms with van der Waals surface area (Å²) in [4.78, 5) is 23.6. The van der Waals surface area contributed by atoms with E-state index in [0.29, 0.717) is 12.2 Å². The summed E-state index contributed by atoms with van der Waals surface area (Å²) in [5, 5.41) is 9.26. The average molecular weight is 302 g/mol. The molecule has 1 fully saturated rings. The van der Waals surface area contributed by atoms with Crippen molar-refractivity contribution in [1.29, 1.82) is 0 Å². The molecule has 0 radical (unpaired) electrons. The Labute approximate surface area is 129 Å². The number of aliphatic carboxylic acids is 1. The molecule has 1 aromatic heterocycles. The van der Waals surface area contributed by atoms with E-state index < -0.39 is 11.9 Å². The summed E-state index contributed by atoms with van der Waals surface area (Å²) >= 11 is 0. The van der Waals surface area contributed by atoms with E-state index in [4.69, 9.17) is 0 Å². The molecule has 6 heteroatoms. The maximum absolute atomic E-state index is 11.3. The highest BCUT2D eigenvalue weighted by molar-refractivity contribution is 5.82. The van der Waals surface area contributed by atoms with Crippen molar-refractivity contribution in [1.82, 2.24) is 14.9 Å². The molecule has 1 aromatic carbocycles. The third kappa shape index (κ3) is 2.78. The fourth-order valence-corrected chi connectivity index (χ4v) is 2.93. The van der Waals surface area contributed by atoms with Gasteiger partial charge in [0.15, 0.2) is 0 Å². The van der Waals surface area contributed by atoms with Gasteiger partial charge in [-0.2, -0.15) is 0 Å². The molecule has 22 heavy (non-hydrogen) atoms. The molecule has 1 unspecified atom stereocenters. The van der Waals surface area contributed by atoms with Crippen LogP contribution in [0.3, 0.4) is 0 Å². The Kier molecular flexibility index (Phi) is 4.02. The predicted molar refractivity (Wildman–Crippen MR) is 86.5 cm³/mol. The van der Waals surface area contributed by atoms with Gasteiger partial charge >= 0.3 is 5.97 Å². The molecule has 0 amide bonds. The fraction of sp³-hybridized carbons (Fsp3) is 0.500. The molecule has 2 N–H and O–H groups in total. The van der Waals surface area contributed by atoms with Crippen LogP contribution in [0.15, 0.2) is 18.2 Å². The summed E-state index contributed by atoms with van der Waals surface area (Å²) in [5.74, 6) is -0.860. The van der Waals surface area contributed by atoms with Crippen LogP contribution in [0.1, 0.15) is 25.1 Å². The van der Waals surface area contributed by atoms with Crippen molar-refractivity contribution >= 4 is 22.7 Å². The molecule has 2 heterocycles. The maximum atomic E-state index is 11.3. The largest absolute Gasteiger partial charge is 0.481 e. The number of imidazole rings is 1. The first-order valence-electron chi connectivity index (χ1n) is 7.74. The van der Waals surface area contributed by atoms with Gasteiger partial charge in [0.05, 0.1) is 11.0 Å². The van der Waals surface area contributed by atoms with Gasteiger partial charge in [0.1, 0.15) is 11.7 Å². The molecule has 1 atom stereocenters.